The zero-order valence-corrected chi connectivity index (χ0v) is 17.1. The highest BCUT2D eigenvalue weighted by molar-refractivity contribution is 7.15. The van der Waals surface area contributed by atoms with Crippen LogP contribution in [-0.4, -0.2) is 31.8 Å². The summed E-state index contributed by atoms with van der Waals surface area (Å²) in [4.78, 5) is 25.6. The number of amides is 2. The molecule has 0 unspecified atom stereocenters. The van der Waals surface area contributed by atoms with E-state index < -0.39 is 11.0 Å². The molecule has 0 saturated heterocycles. The van der Waals surface area contributed by atoms with Gasteiger partial charge in [0.2, 0.25) is 5.13 Å². The standard InChI is InChI=1S/C20H17N7O3S/c1-12(13-6-8-15(9-7-13)27(29)30)23-25-19(28)22-20-26-24-18(31-20)10-14-11-21-17-5-3-2-4-16(14)17/h2-9,11,21H,10H2,1H3,(H2,22,25,26,28)/b23-12-. The van der Waals surface area contributed by atoms with Crippen molar-refractivity contribution in [2.24, 2.45) is 5.10 Å². The number of para-hydroxylation sites is 1. The first-order valence-electron chi connectivity index (χ1n) is 9.23. The van der Waals surface area contributed by atoms with E-state index in [4.69, 9.17) is 0 Å². The highest BCUT2D eigenvalue weighted by Gasteiger charge is 2.11. The first kappa shape index (κ1) is 20.2. The molecule has 0 aliphatic rings. The number of hydrogen-bond acceptors (Lipinski definition) is 7. The van der Waals surface area contributed by atoms with Gasteiger partial charge in [-0.15, -0.1) is 10.2 Å². The molecule has 4 rings (SSSR count). The molecule has 2 amide bonds. The molecule has 156 valence electrons. The lowest BCUT2D eigenvalue weighted by atomic mass is 10.1. The SMILES string of the molecule is C/C(=N/NC(=O)Nc1nnc(Cc2c[nH]c3ccccc23)s1)c1ccc([N+](=O)[O-])cc1. The number of nitro groups is 1. The van der Waals surface area contributed by atoms with E-state index in [2.05, 4.69) is 31.0 Å². The van der Waals surface area contributed by atoms with E-state index >= 15 is 0 Å². The Labute approximate surface area is 180 Å². The quantitative estimate of drug-likeness (QED) is 0.238. The molecule has 10 nitrogen and oxygen atoms in total. The predicted molar refractivity (Wildman–Crippen MR) is 118 cm³/mol. The molecule has 2 aromatic carbocycles. The molecule has 0 aliphatic heterocycles. The second-order valence-electron chi connectivity index (χ2n) is 6.60. The number of nitro benzene ring substituents is 1. The molecule has 0 radical (unpaired) electrons. The number of H-pyrrole nitrogens is 1. The molecular weight excluding hydrogens is 418 g/mol. The predicted octanol–water partition coefficient (Wildman–Crippen LogP) is 4.06. The molecule has 2 heterocycles. The van der Waals surface area contributed by atoms with Crippen LogP contribution in [0.5, 0.6) is 0 Å². The van der Waals surface area contributed by atoms with Crippen molar-refractivity contribution in [1.82, 2.24) is 20.6 Å². The third-order valence-electron chi connectivity index (χ3n) is 4.52. The number of carbonyl (C=O) groups excluding carboxylic acids is 1. The van der Waals surface area contributed by atoms with E-state index in [9.17, 15) is 14.9 Å². The average Bonchev–Trinajstić information content (AvgIpc) is 3.39. The van der Waals surface area contributed by atoms with Crippen LogP contribution in [0.25, 0.3) is 10.9 Å². The van der Waals surface area contributed by atoms with Crippen LogP contribution < -0.4 is 10.7 Å². The van der Waals surface area contributed by atoms with Crippen molar-refractivity contribution in [3.05, 3.63) is 81.0 Å². The monoisotopic (exact) mass is 435 g/mol. The number of benzene rings is 2. The summed E-state index contributed by atoms with van der Waals surface area (Å²) in [5.41, 5.74) is 5.69. The minimum absolute atomic E-state index is 0.0121. The number of aromatic nitrogens is 3. The Morgan fingerprint density at radius 2 is 1.97 bits per heavy atom. The van der Waals surface area contributed by atoms with Gasteiger partial charge in [0.15, 0.2) is 0 Å². The number of nitrogens with zero attached hydrogens (tertiary/aromatic N) is 4. The molecule has 11 heteroatoms. The van der Waals surface area contributed by atoms with Crippen molar-refractivity contribution < 1.29 is 9.72 Å². The fourth-order valence-electron chi connectivity index (χ4n) is 2.96. The fraction of sp³-hybridized carbons (Fsp3) is 0.100. The largest absolute Gasteiger partial charge is 0.361 e. The second-order valence-corrected chi connectivity index (χ2v) is 7.67. The Morgan fingerprint density at radius 1 is 1.19 bits per heavy atom. The molecule has 3 N–H and O–H groups in total. The van der Waals surface area contributed by atoms with Gasteiger partial charge in [-0.05, 0) is 36.2 Å². The van der Waals surface area contributed by atoms with Gasteiger partial charge in [-0.2, -0.15) is 5.10 Å². The zero-order chi connectivity index (χ0) is 21.8. The zero-order valence-electron chi connectivity index (χ0n) is 16.3. The van der Waals surface area contributed by atoms with Crippen molar-refractivity contribution >= 4 is 44.8 Å². The summed E-state index contributed by atoms with van der Waals surface area (Å²) in [6.45, 7) is 1.69. The van der Waals surface area contributed by atoms with Gasteiger partial charge in [0.25, 0.3) is 5.69 Å². The number of rotatable bonds is 6. The number of non-ortho nitro benzene ring substituents is 1. The van der Waals surface area contributed by atoms with Crippen LogP contribution in [0.3, 0.4) is 0 Å². The van der Waals surface area contributed by atoms with E-state index in [-0.39, 0.29) is 5.69 Å². The average molecular weight is 435 g/mol. The summed E-state index contributed by atoms with van der Waals surface area (Å²) >= 11 is 1.28. The molecule has 0 bridgehead atoms. The van der Waals surface area contributed by atoms with Gasteiger partial charge >= 0.3 is 6.03 Å². The summed E-state index contributed by atoms with van der Waals surface area (Å²) < 4.78 is 0. The van der Waals surface area contributed by atoms with Gasteiger partial charge in [0.05, 0.1) is 10.6 Å². The van der Waals surface area contributed by atoms with Gasteiger partial charge in [0, 0.05) is 35.7 Å². The van der Waals surface area contributed by atoms with Gasteiger partial charge in [0.1, 0.15) is 5.01 Å². The molecular formula is C20H17N7O3S. The van der Waals surface area contributed by atoms with E-state index in [1.807, 2.05) is 30.5 Å². The normalized spacial score (nSPS) is 11.5. The third-order valence-corrected chi connectivity index (χ3v) is 5.36. The minimum Gasteiger partial charge on any atom is -0.361 e. The molecule has 0 atom stereocenters. The first-order chi connectivity index (χ1) is 15.0. The Kier molecular flexibility index (Phi) is 5.67. The maximum atomic E-state index is 12.1. The summed E-state index contributed by atoms with van der Waals surface area (Å²) in [6, 6.07) is 13.3. The minimum atomic E-state index is -0.559. The Morgan fingerprint density at radius 3 is 2.74 bits per heavy atom. The van der Waals surface area contributed by atoms with E-state index in [0.717, 1.165) is 21.5 Å². The maximum Gasteiger partial charge on any atom is 0.341 e. The van der Waals surface area contributed by atoms with E-state index in [1.165, 1.54) is 23.5 Å². The maximum absolute atomic E-state index is 12.1. The summed E-state index contributed by atoms with van der Waals surface area (Å²) in [5.74, 6) is 0. The first-order valence-corrected chi connectivity index (χ1v) is 10.0. The smallest absolute Gasteiger partial charge is 0.341 e. The summed E-state index contributed by atoms with van der Waals surface area (Å²) in [6.07, 6.45) is 2.55. The van der Waals surface area contributed by atoms with E-state index in [1.54, 1.807) is 19.1 Å². The van der Waals surface area contributed by atoms with Crippen LogP contribution in [-0.2, 0) is 6.42 Å². The van der Waals surface area contributed by atoms with Gasteiger partial charge in [-0.25, -0.2) is 10.2 Å². The number of hydrogen-bond donors (Lipinski definition) is 3. The fourth-order valence-corrected chi connectivity index (χ4v) is 3.72. The Hall–Kier alpha value is -4.12. The van der Waals surface area contributed by atoms with Crippen LogP contribution in [0, 0.1) is 10.1 Å². The molecule has 4 aromatic rings. The molecule has 0 aliphatic carbocycles. The number of carbonyl (C=O) groups is 1. The molecule has 0 saturated carbocycles. The van der Waals surface area contributed by atoms with Crippen molar-refractivity contribution in [1.29, 1.82) is 0 Å². The van der Waals surface area contributed by atoms with Crippen LogP contribution in [0.2, 0.25) is 0 Å². The van der Waals surface area contributed by atoms with Crippen molar-refractivity contribution in [3.63, 3.8) is 0 Å². The van der Waals surface area contributed by atoms with Crippen molar-refractivity contribution in [2.45, 2.75) is 13.3 Å². The van der Waals surface area contributed by atoms with Crippen LogP contribution in [0.4, 0.5) is 15.6 Å². The van der Waals surface area contributed by atoms with Crippen LogP contribution in [0.1, 0.15) is 23.1 Å². The third kappa shape index (κ3) is 4.73. The lowest BCUT2D eigenvalue weighted by molar-refractivity contribution is -0.384. The number of urea groups is 1. The number of hydrazone groups is 1. The number of fused-ring (bicyclic) bond motifs is 1. The highest BCUT2D eigenvalue weighted by atomic mass is 32.1. The lowest BCUT2D eigenvalue weighted by Gasteiger charge is -2.03. The number of nitrogens with one attached hydrogen (secondary N) is 3. The Bertz CT molecular complexity index is 1280. The summed E-state index contributed by atoms with van der Waals surface area (Å²) in [7, 11) is 0. The molecule has 31 heavy (non-hydrogen) atoms. The second kappa shape index (κ2) is 8.71. The Balaban J connectivity index is 1.35. The molecule has 0 spiro atoms. The van der Waals surface area contributed by atoms with Gasteiger partial charge in [-0.1, -0.05) is 29.5 Å². The van der Waals surface area contributed by atoms with Crippen LogP contribution in [0.15, 0.2) is 59.8 Å². The van der Waals surface area contributed by atoms with Gasteiger partial charge < -0.3 is 4.98 Å². The van der Waals surface area contributed by atoms with Crippen LogP contribution >= 0.6 is 11.3 Å². The highest BCUT2D eigenvalue weighted by Crippen LogP contribution is 2.23. The van der Waals surface area contributed by atoms with E-state index in [0.29, 0.717) is 22.8 Å². The lowest BCUT2D eigenvalue weighted by Crippen LogP contribution is -2.25. The topological polar surface area (TPSA) is 138 Å². The van der Waals surface area contributed by atoms with Gasteiger partial charge in [-0.3, -0.25) is 15.4 Å². The van der Waals surface area contributed by atoms with Crippen molar-refractivity contribution in [3.8, 4) is 0 Å². The number of aromatic amines is 1. The molecule has 2 aromatic heterocycles. The molecule has 0 fully saturated rings. The van der Waals surface area contributed by atoms with Crippen molar-refractivity contribution in [2.75, 3.05) is 5.32 Å². The number of anilines is 1. The summed E-state index contributed by atoms with van der Waals surface area (Å²) in [5, 5.41) is 27.7.